The van der Waals surface area contributed by atoms with Crippen LogP contribution >= 0.6 is 0 Å². The molecule has 0 saturated carbocycles. The highest BCUT2D eigenvalue weighted by molar-refractivity contribution is 7.89. The Bertz CT molecular complexity index is 1090. The SMILES string of the molecule is CNC(=O)c1ccc(/C=C/C(=O)Nc2ccc(C)c(S(=O)(=O)N3CCCCC3)c2)cc1. The van der Waals surface area contributed by atoms with Gasteiger partial charge >= 0.3 is 0 Å². The predicted octanol–water partition coefficient (Wildman–Crippen LogP) is 3.18. The van der Waals surface area contributed by atoms with Gasteiger partial charge in [-0.1, -0.05) is 24.6 Å². The molecule has 0 bridgehead atoms. The molecule has 1 fully saturated rings. The summed E-state index contributed by atoms with van der Waals surface area (Å²) in [6, 6.07) is 11.7. The second kappa shape index (κ2) is 9.89. The summed E-state index contributed by atoms with van der Waals surface area (Å²) in [6.45, 7) is 2.81. The van der Waals surface area contributed by atoms with Crippen LogP contribution in [0.2, 0.25) is 0 Å². The number of aryl methyl sites for hydroxylation is 1. The second-order valence-electron chi connectivity index (χ2n) is 7.47. The van der Waals surface area contributed by atoms with Crippen LogP contribution in [0, 0.1) is 6.92 Å². The molecular formula is C23H27N3O4S. The van der Waals surface area contributed by atoms with Crippen molar-refractivity contribution in [2.45, 2.75) is 31.1 Å². The number of rotatable bonds is 6. The van der Waals surface area contributed by atoms with Crippen molar-refractivity contribution in [1.82, 2.24) is 9.62 Å². The Morgan fingerprint density at radius 3 is 2.32 bits per heavy atom. The summed E-state index contributed by atoms with van der Waals surface area (Å²) in [5.41, 5.74) is 2.37. The predicted molar refractivity (Wildman–Crippen MR) is 121 cm³/mol. The van der Waals surface area contributed by atoms with E-state index < -0.39 is 10.0 Å². The van der Waals surface area contributed by atoms with E-state index >= 15 is 0 Å². The van der Waals surface area contributed by atoms with Gasteiger partial charge in [0.1, 0.15) is 0 Å². The number of anilines is 1. The third-order valence-corrected chi connectivity index (χ3v) is 7.26. The van der Waals surface area contributed by atoms with Crippen LogP contribution in [0.15, 0.2) is 53.4 Å². The Balaban J connectivity index is 1.71. The first kappa shape index (κ1) is 22.7. The van der Waals surface area contributed by atoms with Crippen LogP contribution < -0.4 is 10.6 Å². The number of piperidine rings is 1. The quantitative estimate of drug-likeness (QED) is 0.673. The van der Waals surface area contributed by atoms with E-state index in [-0.39, 0.29) is 16.7 Å². The van der Waals surface area contributed by atoms with Gasteiger partial charge in [-0.2, -0.15) is 4.31 Å². The van der Waals surface area contributed by atoms with Crippen molar-refractivity contribution in [2.75, 3.05) is 25.5 Å². The van der Waals surface area contributed by atoms with Gasteiger partial charge in [0.25, 0.3) is 5.91 Å². The van der Waals surface area contributed by atoms with Crippen LogP contribution in [0.1, 0.15) is 40.7 Å². The lowest BCUT2D eigenvalue weighted by atomic mass is 10.1. The van der Waals surface area contributed by atoms with Crippen molar-refractivity contribution in [2.24, 2.45) is 0 Å². The maximum Gasteiger partial charge on any atom is 0.251 e. The highest BCUT2D eigenvalue weighted by atomic mass is 32.2. The molecular weight excluding hydrogens is 414 g/mol. The zero-order chi connectivity index (χ0) is 22.4. The van der Waals surface area contributed by atoms with Crippen molar-refractivity contribution < 1.29 is 18.0 Å². The summed E-state index contributed by atoms with van der Waals surface area (Å²) < 4.78 is 27.6. The number of sulfonamides is 1. The number of amides is 2. The molecule has 1 aliphatic heterocycles. The molecule has 0 atom stereocenters. The second-order valence-corrected chi connectivity index (χ2v) is 9.38. The standard InChI is InChI=1S/C23H27N3O4S/c1-17-6-12-20(16-21(17)31(29,30)26-14-4-3-5-15-26)25-22(27)13-9-18-7-10-19(11-8-18)23(28)24-2/h6-13,16H,3-5,14-15H2,1-2H3,(H,24,28)(H,25,27)/b13-9+. The molecule has 0 spiro atoms. The summed E-state index contributed by atoms with van der Waals surface area (Å²) in [5.74, 6) is -0.552. The molecule has 0 aromatic heterocycles. The lowest BCUT2D eigenvalue weighted by Crippen LogP contribution is -2.36. The van der Waals surface area contributed by atoms with Gasteiger partial charge in [-0.15, -0.1) is 0 Å². The molecule has 3 rings (SSSR count). The molecule has 1 aliphatic rings. The zero-order valence-electron chi connectivity index (χ0n) is 17.7. The molecule has 2 amide bonds. The van der Waals surface area contributed by atoms with E-state index in [9.17, 15) is 18.0 Å². The summed E-state index contributed by atoms with van der Waals surface area (Å²) in [5, 5.41) is 5.27. The first-order valence-electron chi connectivity index (χ1n) is 10.2. The number of nitrogens with one attached hydrogen (secondary N) is 2. The maximum atomic E-state index is 13.0. The average molecular weight is 442 g/mol. The molecule has 2 N–H and O–H groups in total. The van der Waals surface area contributed by atoms with E-state index in [0.717, 1.165) is 24.8 Å². The minimum atomic E-state index is -3.59. The van der Waals surface area contributed by atoms with Gasteiger partial charge in [-0.05, 0) is 61.2 Å². The summed E-state index contributed by atoms with van der Waals surface area (Å²) >= 11 is 0. The molecule has 164 valence electrons. The van der Waals surface area contributed by atoms with Gasteiger partial charge in [0.2, 0.25) is 15.9 Å². The molecule has 2 aromatic carbocycles. The first-order chi connectivity index (χ1) is 14.8. The Morgan fingerprint density at radius 2 is 1.68 bits per heavy atom. The lowest BCUT2D eigenvalue weighted by Gasteiger charge is -2.26. The Morgan fingerprint density at radius 1 is 1.00 bits per heavy atom. The first-order valence-corrected chi connectivity index (χ1v) is 11.7. The molecule has 1 saturated heterocycles. The van der Waals surface area contributed by atoms with E-state index in [4.69, 9.17) is 0 Å². The number of benzene rings is 2. The van der Waals surface area contributed by atoms with Crippen LogP contribution in [0.5, 0.6) is 0 Å². The highest BCUT2D eigenvalue weighted by Gasteiger charge is 2.27. The van der Waals surface area contributed by atoms with E-state index in [1.54, 1.807) is 56.4 Å². The Kier molecular flexibility index (Phi) is 7.25. The van der Waals surface area contributed by atoms with Crippen LogP contribution in [-0.4, -0.2) is 44.7 Å². The average Bonchev–Trinajstić information content (AvgIpc) is 2.79. The number of hydrogen-bond acceptors (Lipinski definition) is 4. The van der Waals surface area contributed by atoms with Gasteiger partial charge in [-0.3, -0.25) is 9.59 Å². The van der Waals surface area contributed by atoms with E-state index in [2.05, 4.69) is 10.6 Å². The zero-order valence-corrected chi connectivity index (χ0v) is 18.5. The van der Waals surface area contributed by atoms with Crippen molar-refractivity contribution in [1.29, 1.82) is 0 Å². The third kappa shape index (κ3) is 5.59. The van der Waals surface area contributed by atoms with Gasteiger partial charge in [-0.25, -0.2) is 8.42 Å². The fourth-order valence-corrected chi connectivity index (χ4v) is 5.21. The molecule has 7 nitrogen and oxygen atoms in total. The number of hydrogen-bond donors (Lipinski definition) is 2. The maximum absolute atomic E-state index is 13.0. The van der Waals surface area contributed by atoms with Gasteiger partial charge in [0, 0.05) is 37.5 Å². The summed E-state index contributed by atoms with van der Waals surface area (Å²) in [4.78, 5) is 24.1. The van der Waals surface area contributed by atoms with Crippen LogP contribution in [0.25, 0.3) is 6.08 Å². The van der Waals surface area contributed by atoms with Crippen molar-refractivity contribution in [3.63, 3.8) is 0 Å². The third-order valence-electron chi connectivity index (χ3n) is 5.22. The van der Waals surface area contributed by atoms with Gasteiger partial charge in [0.05, 0.1) is 4.90 Å². The van der Waals surface area contributed by atoms with E-state index in [1.165, 1.54) is 16.4 Å². The molecule has 0 radical (unpaired) electrons. The van der Waals surface area contributed by atoms with Crippen molar-refractivity contribution in [3.05, 3.63) is 65.2 Å². The highest BCUT2D eigenvalue weighted by Crippen LogP contribution is 2.26. The van der Waals surface area contributed by atoms with E-state index in [1.807, 2.05) is 0 Å². The number of carbonyl (C=O) groups is 2. The van der Waals surface area contributed by atoms with Crippen LogP contribution in [0.4, 0.5) is 5.69 Å². The molecule has 0 unspecified atom stereocenters. The molecule has 0 aliphatic carbocycles. The molecule has 31 heavy (non-hydrogen) atoms. The normalized spacial score (nSPS) is 15.0. The fraction of sp³-hybridized carbons (Fsp3) is 0.304. The molecule has 2 aromatic rings. The van der Waals surface area contributed by atoms with E-state index in [0.29, 0.717) is 29.9 Å². The lowest BCUT2D eigenvalue weighted by molar-refractivity contribution is -0.111. The minimum absolute atomic E-state index is 0.178. The molecule has 1 heterocycles. The Hall–Kier alpha value is -2.97. The van der Waals surface area contributed by atoms with Crippen molar-refractivity contribution in [3.8, 4) is 0 Å². The topological polar surface area (TPSA) is 95.6 Å². The summed E-state index contributed by atoms with van der Waals surface area (Å²) in [6.07, 6.45) is 5.77. The van der Waals surface area contributed by atoms with Gasteiger partial charge < -0.3 is 10.6 Å². The fourth-order valence-electron chi connectivity index (χ4n) is 3.45. The monoisotopic (exact) mass is 441 g/mol. The minimum Gasteiger partial charge on any atom is -0.355 e. The summed E-state index contributed by atoms with van der Waals surface area (Å²) in [7, 11) is -2.02. The van der Waals surface area contributed by atoms with Crippen molar-refractivity contribution >= 4 is 33.6 Å². The largest absolute Gasteiger partial charge is 0.355 e. The van der Waals surface area contributed by atoms with Gasteiger partial charge in [0.15, 0.2) is 0 Å². The van der Waals surface area contributed by atoms with Crippen LogP contribution in [0.3, 0.4) is 0 Å². The smallest absolute Gasteiger partial charge is 0.251 e. The Labute approximate surface area is 183 Å². The molecule has 8 heteroatoms. The number of nitrogens with zero attached hydrogens (tertiary/aromatic N) is 1. The number of carbonyl (C=O) groups excluding carboxylic acids is 2. The van der Waals surface area contributed by atoms with Crippen LogP contribution in [-0.2, 0) is 14.8 Å².